The van der Waals surface area contributed by atoms with E-state index in [0.717, 1.165) is 17.0 Å². The van der Waals surface area contributed by atoms with Crippen LogP contribution in [0.3, 0.4) is 0 Å². The van der Waals surface area contributed by atoms with Gasteiger partial charge in [-0.05, 0) is 54.5 Å². The number of nitrogens with one attached hydrogen (secondary N) is 1. The van der Waals surface area contributed by atoms with E-state index in [1.807, 2.05) is 17.5 Å². The van der Waals surface area contributed by atoms with Gasteiger partial charge < -0.3 is 5.32 Å². The third kappa shape index (κ3) is 4.61. The average molecular weight is 425 g/mol. The van der Waals surface area contributed by atoms with Crippen LogP contribution >= 0.6 is 11.3 Å². The number of amides is 1. The molecule has 1 saturated heterocycles. The van der Waals surface area contributed by atoms with Crippen molar-refractivity contribution in [2.45, 2.75) is 37.6 Å². The van der Waals surface area contributed by atoms with E-state index in [0.29, 0.717) is 19.4 Å². The standard InChI is InChI=1S/C20H25FN2O3S2/c1-14(2)19(18-6-4-12-27-18)22-20(24)15-5-3-11-23(13-15)28(25,26)17-9-7-16(21)8-10-17/h4,6-10,12,14-15,19H,3,5,11,13H2,1-2H3,(H,22,24)/t15-,19+/m1/s1. The van der Waals surface area contributed by atoms with E-state index in [1.54, 1.807) is 11.3 Å². The molecular weight excluding hydrogens is 399 g/mol. The Morgan fingerprint density at radius 2 is 1.96 bits per heavy atom. The third-order valence-electron chi connectivity index (χ3n) is 5.02. The van der Waals surface area contributed by atoms with Crippen molar-refractivity contribution in [1.82, 2.24) is 9.62 Å². The highest BCUT2D eigenvalue weighted by atomic mass is 32.2. The molecule has 0 bridgehead atoms. The Morgan fingerprint density at radius 1 is 1.25 bits per heavy atom. The monoisotopic (exact) mass is 424 g/mol. The van der Waals surface area contributed by atoms with Crippen LogP contribution < -0.4 is 5.32 Å². The first-order chi connectivity index (χ1) is 13.3. The molecular formula is C20H25FN2O3S2. The number of halogens is 1. The van der Waals surface area contributed by atoms with Gasteiger partial charge in [-0.2, -0.15) is 4.31 Å². The van der Waals surface area contributed by atoms with E-state index in [1.165, 1.54) is 16.4 Å². The van der Waals surface area contributed by atoms with Crippen LogP contribution in [0.2, 0.25) is 0 Å². The fourth-order valence-electron chi connectivity index (χ4n) is 3.44. The van der Waals surface area contributed by atoms with Crippen molar-refractivity contribution >= 4 is 27.3 Å². The van der Waals surface area contributed by atoms with Gasteiger partial charge in [0, 0.05) is 18.0 Å². The lowest BCUT2D eigenvalue weighted by Gasteiger charge is -2.32. The molecule has 152 valence electrons. The van der Waals surface area contributed by atoms with E-state index in [-0.39, 0.29) is 29.3 Å². The molecule has 0 unspecified atom stereocenters. The van der Waals surface area contributed by atoms with Crippen LogP contribution in [-0.4, -0.2) is 31.7 Å². The Bertz CT molecular complexity index is 896. The van der Waals surface area contributed by atoms with Gasteiger partial charge in [0.1, 0.15) is 5.82 Å². The molecule has 1 aromatic carbocycles. The Labute approximate surface area is 169 Å². The van der Waals surface area contributed by atoms with E-state index < -0.39 is 21.8 Å². The summed E-state index contributed by atoms with van der Waals surface area (Å²) < 4.78 is 40.2. The van der Waals surface area contributed by atoms with Gasteiger partial charge in [-0.15, -0.1) is 11.3 Å². The second kappa shape index (κ2) is 8.71. The smallest absolute Gasteiger partial charge is 0.243 e. The van der Waals surface area contributed by atoms with Gasteiger partial charge in [-0.1, -0.05) is 19.9 Å². The van der Waals surface area contributed by atoms with Gasteiger partial charge in [0.2, 0.25) is 15.9 Å². The highest BCUT2D eigenvalue weighted by Gasteiger charge is 2.34. The summed E-state index contributed by atoms with van der Waals surface area (Å²) in [5.41, 5.74) is 0. The topological polar surface area (TPSA) is 66.5 Å². The maximum atomic E-state index is 13.1. The van der Waals surface area contributed by atoms with Crippen LogP contribution in [0.25, 0.3) is 0 Å². The fraction of sp³-hybridized carbons (Fsp3) is 0.450. The van der Waals surface area contributed by atoms with Gasteiger partial charge >= 0.3 is 0 Å². The maximum Gasteiger partial charge on any atom is 0.243 e. The summed E-state index contributed by atoms with van der Waals surface area (Å²) in [7, 11) is -3.74. The van der Waals surface area contributed by atoms with Crippen LogP contribution in [0.4, 0.5) is 4.39 Å². The molecule has 1 N–H and O–H groups in total. The minimum atomic E-state index is -3.74. The van der Waals surface area contributed by atoms with Crippen LogP contribution in [0.15, 0.2) is 46.7 Å². The summed E-state index contributed by atoms with van der Waals surface area (Å²) >= 11 is 1.60. The number of hydrogen-bond acceptors (Lipinski definition) is 4. The van der Waals surface area contributed by atoms with Gasteiger partial charge in [-0.25, -0.2) is 12.8 Å². The van der Waals surface area contributed by atoms with Crippen LogP contribution in [-0.2, 0) is 14.8 Å². The van der Waals surface area contributed by atoms with Gasteiger partial charge in [0.25, 0.3) is 0 Å². The molecule has 8 heteroatoms. The number of sulfonamides is 1. The molecule has 0 aliphatic carbocycles. The largest absolute Gasteiger partial charge is 0.348 e. The molecule has 0 spiro atoms. The number of benzene rings is 1. The molecule has 5 nitrogen and oxygen atoms in total. The van der Waals surface area contributed by atoms with Gasteiger partial charge in [0.05, 0.1) is 16.9 Å². The Morgan fingerprint density at radius 3 is 2.57 bits per heavy atom. The number of carbonyl (C=O) groups excluding carboxylic acids is 1. The van der Waals surface area contributed by atoms with Crippen molar-refractivity contribution in [1.29, 1.82) is 0 Å². The Balaban J connectivity index is 1.72. The lowest BCUT2D eigenvalue weighted by molar-refractivity contribution is -0.127. The minimum Gasteiger partial charge on any atom is -0.348 e. The lowest BCUT2D eigenvalue weighted by atomic mass is 9.96. The van der Waals surface area contributed by atoms with Crippen LogP contribution in [0.1, 0.15) is 37.6 Å². The summed E-state index contributed by atoms with van der Waals surface area (Å²) in [6.45, 7) is 4.61. The zero-order valence-electron chi connectivity index (χ0n) is 16.0. The Hall–Kier alpha value is -1.77. The number of carbonyl (C=O) groups is 1. The van der Waals surface area contributed by atoms with Crippen molar-refractivity contribution in [2.75, 3.05) is 13.1 Å². The predicted octanol–water partition coefficient (Wildman–Crippen LogP) is 3.80. The molecule has 1 aliphatic heterocycles. The number of piperidine rings is 1. The third-order valence-corrected chi connectivity index (χ3v) is 7.86. The first-order valence-corrected chi connectivity index (χ1v) is 11.7. The summed E-state index contributed by atoms with van der Waals surface area (Å²) in [5.74, 6) is -0.773. The SMILES string of the molecule is CC(C)[C@H](NC(=O)[C@@H]1CCCN(S(=O)(=O)c2ccc(F)cc2)C1)c1cccs1. The molecule has 0 saturated carbocycles. The number of thiophene rings is 1. The molecule has 1 fully saturated rings. The molecule has 1 amide bonds. The molecule has 3 rings (SSSR count). The van der Waals surface area contributed by atoms with Gasteiger partial charge in [0.15, 0.2) is 0 Å². The Kier molecular flexibility index (Phi) is 6.52. The number of nitrogens with zero attached hydrogens (tertiary/aromatic N) is 1. The fourth-order valence-corrected chi connectivity index (χ4v) is 5.91. The second-order valence-electron chi connectivity index (χ2n) is 7.40. The van der Waals surface area contributed by atoms with E-state index in [2.05, 4.69) is 19.2 Å². The first-order valence-electron chi connectivity index (χ1n) is 9.38. The highest BCUT2D eigenvalue weighted by Crippen LogP contribution is 2.28. The van der Waals surface area contributed by atoms with Crippen LogP contribution in [0, 0.1) is 17.7 Å². The normalized spacial score (nSPS) is 19.5. The van der Waals surface area contributed by atoms with Crippen molar-refractivity contribution in [3.8, 4) is 0 Å². The number of rotatable bonds is 6. The molecule has 2 heterocycles. The molecule has 2 atom stereocenters. The van der Waals surface area contributed by atoms with Gasteiger partial charge in [-0.3, -0.25) is 4.79 Å². The maximum absolute atomic E-state index is 13.1. The molecule has 1 aromatic heterocycles. The average Bonchev–Trinajstić information content (AvgIpc) is 3.20. The number of hydrogen-bond donors (Lipinski definition) is 1. The van der Waals surface area contributed by atoms with Crippen molar-refractivity contribution < 1.29 is 17.6 Å². The minimum absolute atomic E-state index is 0.0496. The quantitative estimate of drug-likeness (QED) is 0.767. The second-order valence-corrected chi connectivity index (χ2v) is 10.3. The van der Waals surface area contributed by atoms with E-state index in [4.69, 9.17) is 0 Å². The highest BCUT2D eigenvalue weighted by molar-refractivity contribution is 7.89. The van der Waals surface area contributed by atoms with Crippen molar-refractivity contribution in [3.63, 3.8) is 0 Å². The zero-order valence-corrected chi connectivity index (χ0v) is 17.6. The first kappa shape index (κ1) is 21.0. The lowest BCUT2D eigenvalue weighted by Crippen LogP contribution is -2.46. The summed E-state index contributed by atoms with van der Waals surface area (Å²) in [6.07, 6.45) is 1.26. The molecule has 28 heavy (non-hydrogen) atoms. The summed E-state index contributed by atoms with van der Waals surface area (Å²) in [5, 5.41) is 5.09. The summed E-state index contributed by atoms with van der Waals surface area (Å²) in [4.78, 5) is 14.0. The van der Waals surface area contributed by atoms with Crippen LogP contribution in [0.5, 0.6) is 0 Å². The van der Waals surface area contributed by atoms with E-state index >= 15 is 0 Å². The molecule has 2 aromatic rings. The van der Waals surface area contributed by atoms with E-state index in [9.17, 15) is 17.6 Å². The predicted molar refractivity (Wildman–Crippen MR) is 108 cm³/mol. The molecule has 0 radical (unpaired) electrons. The van der Waals surface area contributed by atoms with Crippen molar-refractivity contribution in [2.24, 2.45) is 11.8 Å². The zero-order chi connectivity index (χ0) is 20.3. The van der Waals surface area contributed by atoms with Crippen molar-refractivity contribution in [3.05, 3.63) is 52.5 Å². The molecule has 1 aliphatic rings. The summed E-state index contributed by atoms with van der Waals surface area (Å²) in [6, 6.07) is 8.67.